The monoisotopic (exact) mass is 249 g/mol. The average Bonchev–Trinajstić information content (AvgIpc) is 2.89. The van der Waals surface area contributed by atoms with E-state index in [1.54, 1.807) is 24.3 Å². The minimum atomic E-state index is -0.446. The standard InChI is InChI=1S/C14H19NO3/c1-18-14(17)13(15-11-4-2-3-5-11)10-6-8-12(16)9-7-10/h6-9,11,13,15-16H,2-5H2,1H3. The Morgan fingerprint density at radius 1 is 1.33 bits per heavy atom. The highest BCUT2D eigenvalue weighted by atomic mass is 16.5. The van der Waals surface area contributed by atoms with Gasteiger partial charge in [0.25, 0.3) is 0 Å². The van der Waals surface area contributed by atoms with Crippen LogP contribution in [0.4, 0.5) is 0 Å². The quantitative estimate of drug-likeness (QED) is 0.803. The van der Waals surface area contributed by atoms with Crippen molar-refractivity contribution in [1.29, 1.82) is 0 Å². The van der Waals surface area contributed by atoms with E-state index in [0.29, 0.717) is 6.04 Å². The molecule has 4 nitrogen and oxygen atoms in total. The molecule has 0 aromatic heterocycles. The number of aromatic hydroxyl groups is 1. The average molecular weight is 249 g/mol. The second kappa shape index (κ2) is 5.87. The van der Waals surface area contributed by atoms with Gasteiger partial charge < -0.3 is 9.84 Å². The van der Waals surface area contributed by atoms with Gasteiger partial charge >= 0.3 is 5.97 Å². The van der Waals surface area contributed by atoms with Crippen LogP contribution >= 0.6 is 0 Å². The molecule has 1 unspecified atom stereocenters. The first kappa shape index (κ1) is 12.9. The molecule has 18 heavy (non-hydrogen) atoms. The molecule has 4 heteroatoms. The van der Waals surface area contributed by atoms with Crippen molar-refractivity contribution in [3.63, 3.8) is 0 Å². The van der Waals surface area contributed by atoms with Gasteiger partial charge in [-0.2, -0.15) is 0 Å². The number of ether oxygens (including phenoxy) is 1. The number of carbonyl (C=O) groups is 1. The normalized spacial score (nSPS) is 17.6. The molecule has 1 aromatic rings. The molecule has 0 heterocycles. The third kappa shape index (κ3) is 3.01. The summed E-state index contributed by atoms with van der Waals surface area (Å²) >= 11 is 0. The van der Waals surface area contributed by atoms with Crippen LogP contribution in [-0.2, 0) is 9.53 Å². The predicted octanol–water partition coefficient (Wildman–Crippen LogP) is 2.14. The molecule has 1 fully saturated rings. The van der Waals surface area contributed by atoms with Crippen LogP contribution in [0.2, 0.25) is 0 Å². The minimum absolute atomic E-state index is 0.197. The topological polar surface area (TPSA) is 58.6 Å². The third-order valence-corrected chi connectivity index (χ3v) is 3.42. The predicted molar refractivity (Wildman–Crippen MR) is 68.3 cm³/mol. The van der Waals surface area contributed by atoms with Gasteiger partial charge in [0.1, 0.15) is 11.8 Å². The molecular weight excluding hydrogens is 230 g/mol. The van der Waals surface area contributed by atoms with Crippen molar-refractivity contribution < 1.29 is 14.6 Å². The maximum absolute atomic E-state index is 11.8. The zero-order valence-corrected chi connectivity index (χ0v) is 10.6. The highest BCUT2D eigenvalue weighted by Gasteiger charge is 2.26. The van der Waals surface area contributed by atoms with Crippen molar-refractivity contribution in [2.45, 2.75) is 37.8 Å². The number of hydrogen-bond donors (Lipinski definition) is 2. The fourth-order valence-corrected chi connectivity index (χ4v) is 2.41. The van der Waals surface area contributed by atoms with Crippen LogP contribution in [0.5, 0.6) is 5.75 Å². The molecular formula is C14H19NO3. The molecule has 1 atom stereocenters. The molecule has 0 amide bonds. The molecule has 0 saturated heterocycles. The Bertz CT molecular complexity index is 396. The van der Waals surface area contributed by atoms with Crippen LogP contribution in [0.3, 0.4) is 0 Å². The summed E-state index contributed by atoms with van der Waals surface area (Å²) in [5.74, 6) is -0.0872. The molecule has 1 aromatic carbocycles. The van der Waals surface area contributed by atoms with Gasteiger partial charge in [0.15, 0.2) is 0 Å². The Kier molecular flexibility index (Phi) is 4.20. The molecule has 0 bridgehead atoms. The van der Waals surface area contributed by atoms with Crippen molar-refractivity contribution in [1.82, 2.24) is 5.32 Å². The maximum atomic E-state index is 11.8. The number of rotatable bonds is 4. The SMILES string of the molecule is COC(=O)C(NC1CCCC1)c1ccc(O)cc1. The maximum Gasteiger partial charge on any atom is 0.327 e. The van der Waals surface area contributed by atoms with Crippen LogP contribution < -0.4 is 5.32 Å². The summed E-state index contributed by atoms with van der Waals surface area (Å²) in [5, 5.41) is 12.6. The first-order valence-electron chi connectivity index (χ1n) is 6.33. The summed E-state index contributed by atoms with van der Waals surface area (Å²) in [6, 6.07) is 6.60. The molecule has 0 radical (unpaired) electrons. The molecule has 98 valence electrons. The Morgan fingerprint density at radius 3 is 2.50 bits per heavy atom. The first-order valence-corrected chi connectivity index (χ1v) is 6.33. The minimum Gasteiger partial charge on any atom is -0.508 e. The number of nitrogens with one attached hydrogen (secondary N) is 1. The lowest BCUT2D eigenvalue weighted by Crippen LogP contribution is -2.36. The zero-order chi connectivity index (χ0) is 13.0. The van der Waals surface area contributed by atoms with Crippen molar-refractivity contribution in [3.05, 3.63) is 29.8 Å². The summed E-state index contributed by atoms with van der Waals surface area (Å²) in [5.41, 5.74) is 0.826. The summed E-state index contributed by atoms with van der Waals surface area (Å²) in [6.45, 7) is 0. The molecule has 1 saturated carbocycles. The molecule has 2 rings (SSSR count). The summed E-state index contributed by atoms with van der Waals surface area (Å²) in [6.07, 6.45) is 4.62. The lowest BCUT2D eigenvalue weighted by atomic mass is 10.1. The van der Waals surface area contributed by atoms with Gasteiger partial charge in [-0.05, 0) is 30.5 Å². The molecule has 0 spiro atoms. The van der Waals surface area contributed by atoms with Crippen LogP contribution in [0.1, 0.15) is 37.3 Å². The van der Waals surface area contributed by atoms with E-state index < -0.39 is 6.04 Å². The Balaban J connectivity index is 2.13. The molecule has 1 aliphatic rings. The molecule has 2 N–H and O–H groups in total. The van der Waals surface area contributed by atoms with E-state index in [1.165, 1.54) is 20.0 Å². The van der Waals surface area contributed by atoms with Gasteiger partial charge in [0.05, 0.1) is 7.11 Å². The Hall–Kier alpha value is -1.55. The largest absolute Gasteiger partial charge is 0.508 e. The smallest absolute Gasteiger partial charge is 0.327 e. The number of methoxy groups -OCH3 is 1. The van der Waals surface area contributed by atoms with Crippen molar-refractivity contribution in [2.75, 3.05) is 7.11 Å². The molecule has 1 aliphatic carbocycles. The third-order valence-electron chi connectivity index (χ3n) is 3.42. The highest BCUT2D eigenvalue weighted by Crippen LogP contribution is 2.24. The Labute approximate surface area is 107 Å². The van der Waals surface area contributed by atoms with Crippen molar-refractivity contribution in [3.8, 4) is 5.75 Å². The van der Waals surface area contributed by atoms with E-state index in [9.17, 15) is 9.90 Å². The van der Waals surface area contributed by atoms with E-state index in [1.807, 2.05) is 0 Å². The van der Waals surface area contributed by atoms with E-state index >= 15 is 0 Å². The van der Waals surface area contributed by atoms with E-state index in [0.717, 1.165) is 18.4 Å². The van der Waals surface area contributed by atoms with Crippen molar-refractivity contribution >= 4 is 5.97 Å². The second-order valence-corrected chi connectivity index (χ2v) is 4.70. The summed E-state index contributed by atoms with van der Waals surface area (Å²) in [4.78, 5) is 11.8. The van der Waals surface area contributed by atoms with Crippen LogP contribution in [0.15, 0.2) is 24.3 Å². The second-order valence-electron chi connectivity index (χ2n) is 4.70. The van der Waals surface area contributed by atoms with Crippen LogP contribution in [0.25, 0.3) is 0 Å². The van der Waals surface area contributed by atoms with Gasteiger partial charge in [0.2, 0.25) is 0 Å². The van der Waals surface area contributed by atoms with Gasteiger partial charge in [0, 0.05) is 6.04 Å². The van der Waals surface area contributed by atoms with Gasteiger partial charge in [-0.1, -0.05) is 25.0 Å². The summed E-state index contributed by atoms with van der Waals surface area (Å²) in [7, 11) is 1.39. The summed E-state index contributed by atoms with van der Waals surface area (Å²) < 4.78 is 4.84. The van der Waals surface area contributed by atoms with Crippen LogP contribution in [0, 0.1) is 0 Å². The number of benzene rings is 1. The number of esters is 1. The van der Waals surface area contributed by atoms with E-state index in [2.05, 4.69) is 5.32 Å². The van der Waals surface area contributed by atoms with E-state index in [4.69, 9.17) is 4.74 Å². The highest BCUT2D eigenvalue weighted by molar-refractivity contribution is 5.77. The fraction of sp³-hybridized carbons (Fsp3) is 0.500. The molecule has 0 aliphatic heterocycles. The van der Waals surface area contributed by atoms with Gasteiger partial charge in [-0.3, -0.25) is 5.32 Å². The van der Waals surface area contributed by atoms with Gasteiger partial charge in [-0.25, -0.2) is 4.79 Å². The Morgan fingerprint density at radius 2 is 1.94 bits per heavy atom. The lowest BCUT2D eigenvalue weighted by molar-refractivity contribution is -0.143. The zero-order valence-electron chi connectivity index (χ0n) is 10.6. The van der Waals surface area contributed by atoms with Crippen molar-refractivity contribution in [2.24, 2.45) is 0 Å². The number of hydrogen-bond acceptors (Lipinski definition) is 4. The lowest BCUT2D eigenvalue weighted by Gasteiger charge is -2.21. The number of phenols is 1. The fourth-order valence-electron chi connectivity index (χ4n) is 2.41. The number of carbonyl (C=O) groups excluding carboxylic acids is 1. The van der Waals surface area contributed by atoms with Gasteiger partial charge in [-0.15, -0.1) is 0 Å². The van der Waals surface area contributed by atoms with E-state index in [-0.39, 0.29) is 11.7 Å². The van der Waals surface area contributed by atoms with Crippen LogP contribution in [-0.4, -0.2) is 24.2 Å². The number of phenolic OH excluding ortho intramolecular Hbond substituents is 1. The first-order chi connectivity index (χ1) is 8.70.